The van der Waals surface area contributed by atoms with Crippen LogP contribution in [0.3, 0.4) is 0 Å². The van der Waals surface area contributed by atoms with Gasteiger partial charge in [-0.2, -0.15) is 0 Å². The second-order valence-electron chi connectivity index (χ2n) is 9.35. The van der Waals surface area contributed by atoms with Crippen LogP contribution in [0.5, 0.6) is 0 Å². The van der Waals surface area contributed by atoms with E-state index in [2.05, 4.69) is 19.2 Å². The number of carbonyl (C=O) groups is 1. The van der Waals surface area contributed by atoms with Gasteiger partial charge in [-0.3, -0.25) is 4.79 Å². The first-order chi connectivity index (χ1) is 9.48. The van der Waals surface area contributed by atoms with E-state index in [1.807, 2.05) is 13.8 Å². The molecule has 3 N–H and O–H groups in total. The van der Waals surface area contributed by atoms with Gasteiger partial charge < -0.3 is 11.1 Å². The standard InChI is InChI=1S/C17H28N2OS/c1-14(2,12(18)21)13(20)19-17-7-11-5-15(3,9-17)8-16(4,6-11)10-17/h11H,5-10H2,1-4H3,(H2,18,21)(H,19,20). The van der Waals surface area contributed by atoms with Crippen LogP contribution >= 0.6 is 12.2 Å². The van der Waals surface area contributed by atoms with Crippen molar-refractivity contribution in [3.63, 3.8) is 0 Å². The van der Waals surface area contributed by atoms with Gasteiger partial charge in [-0.1, -0.05) is 26.1 Å². The van der Waals surface area contributed by atoms with Crippen LogP contribution in [0, 0.1) is 22.2 Å². The van der Waals surface area contributed by atoms with Gasteiger partial charge in [0.2, 0.25) is 5.91 Å². The lowest BCUT2D eigenvalue weighted by atomic mass is 9.42. The van der Waals surface area contributed by atoms with Gasteiger partial charge in [-0.15, -0.1) is 0 Å². The topological polar surface area (TPSA) is 55.1 Å². The first-order valence-corrected chi connectivity index (χ1v) is 8.51. The Hall–Kier alpha value is -0.640. The van der Waals surface area contributed by atoms with Gasteiger partial charge in [0.25, 0.3) is 0 Å². The number of amides is 1. The molecule has 4 rings (SSSR count). The summed E-state index contributed by atoms with van der Waals surface area (Å²) >= 11 is 5.08. The number of thiocarbonyl (C=S) groups is 1. The summed E-state index contributed by atoms with van der Waals surface area (Å²) in [5.74, 6) is 0.772. The minimum absolute atomic E-state index is 0.00384. The fourth-order valence-corrected chi connectivity index (χ4v) is 6.19. The maximum Gasteiger partial charge on any atom is 0.232 e. The predicted octanol–water partition coefficient (Wildman–Crippen LogP) is 3.16. The Morgan fingerprint density at radius 1 is 1.14 bits per heavy atom. The van der Waals surface area contributed by atoms with Crippen LogP contribution in [0.4, 0.5) is 0 Å². The lowest BCUT2D eigenvalue weighted by Gasteiger charge is -2.65. The Morgan fingerprint density at radius 2 is 1.67 bits per heavy atom. The molecule has 0 aliphatic heterocycles. The van der Waals surface area contributed by atoms with Crippen molar-refractivity contribution in [3.8, 4) is 0 Å². The molecule has 0 aromatic heterocycles. The third kappa shape index (κ3) is 2.39. The number of carbonyl (C=O) groups excluding carboxylic acids is 1. The van der Waals surface area contributed by atoms with Crippen molar-refractivity contribution >= 4 is 23.1 Å². The van der Waals surface area contributed by atoms with Gasteiger partial charge in [0.15, 0.2) is 0 Å². The minimum Gasteiger partial charge on any atom is -0.392 e. The molecule has 0 spiro atoms. The van der Waals surface area contributed by atoms with E-state index in [4.69, 9.17) is 18.0 Å². The lowest BCUT2D eigenvalue weighted by molar-refractivity contribution is -0.143. The molecule has 0 saturated heterocycles. The molecule has 0 aromatic carbocycles. The average Bonchev–Trinajstić information content (AvgIpc) is 2.22. The van der Waals surface area contributed by atoms with Crippen LogP contribution < -0.4 is 11.1 Å². The first-order valence-electron chi connectivity index (χ1n) is 8.10. The summed E-state index contributed by atoms with van der Waals surface area (Å²) < 4.78 is 0. The lowest BCUT2D eigenvalue weighted by Crippen LogP contribution is -2.66. The van der Waals surface area contributed by atoms with Crippen LogP contribution in [0.2, 0.25) is 0 Å². The van der Waals surface area contributed by atoms with Gasteiger partial charge in [0.05, 0.1) is 10.4 Å². The molecule has 3 nitrogen and oxygen atoms in total. The Morgan fingerprint density at radius 3 is 2.10 bits per heavy atom. The summed E-state index contributed by atoms with van der Waals surface area (Å²) in [6.45, 7) is 8.48. The van der Waals surface area contributed by atoms with Crippen molar-refractivity contribution in [1.82, 2.24) is 5.32 Å². The fourth-order valence-electron chi connectivity index (χ4n) is 6.10. The van der Waals surface area contributed by atoms with Gasteiger partial charge in [-0.25, -0.2) is 0 Å². The minimum atomic E-state index is -0.763. The zero-order valence-corrected chi connectivity index (χ0v) is 14.5. The molecule has 4 saturated carbocycles. The van der Waals surface area contributed by atoms with E-state index < -0.39 is 5.41 Å². The zero-order valence-electron chi connectivity index (χ0n) is 13.7. The van der Waals surface area contributed by atoms with E-state index >= 15 is 0 Å². The van der Waals surface area contributed by atoms with Crippen LogP contribution in [-0.4, -0.2) is 16.4 Å². The van der Waals surface area contributed by atoms with E-state index in [1.165, 1.54) is 19.3 Å². The summed E-state index contributed by atoms with van der Waals surface area (Å²) in [5.41, 5.74) is 5.77. The van der Waals surface area contributed by atoms with Crippen molar-refractivity contribution in [2.24, 2.45) is 27.9 Å². The molecule has 2 unspecified atom stereocenters. The Kier molecular flexibility index (Phi) is 3.06. The summed E-state index contributed by atoms with van der Waals surface area (Å²) in [6, 6.07) is 0. The van der Waals surface area contributed by atoms with Crippen molar-refractivity contribution in [2.75, 3.05) is 0 Å². The molecule has 4 aliphatic carbocycles. The largest absolute Gasteiger partial charge is 0.392 e. The number of hydrogen-bond acceptors (Lipinski definition) is 2. The quantitative estimate of drug-likeness (QED) is 0.787. The fraction of sp³-hybridized carbons (Fsp3) is 0.882. The van der Waals surface area contributed by atoms with E-state index in [0.29, 0.717) is 10.8 Å². The highest BCUT2D eigenvalue weighted by atomic mass is 32.1. The van der Waals surface area contributed by atoms with E-state index in [-0.39, 0.29) is 16.4 Å². The Labute approximate surface area is 133 Å². The van der Waals surface area contributed by atoms with Gasteiger partial charge >= 0.3 is 0 Å². The van der Waals surface area contributed by atoms with Crippen LogP contribution in [0.1, 0.15) is 66.2 Å². The predicted molar refractivity (Wildman–Crippen MR) is 88.8 cm³/mol. The monoisotopic (exact) mass is 308 g/mol. The summed E-state index contributed by atoms with van der Waals surface area (Å²) in [6.07, 6.45) is 7.35. The molecule has 0 aromatic rings. The number of nitrogens with two attached hydrogens (primary N) is 1. The molecule has 4 heteroatoms. The van der Waals surface area contributed by atoms with Crippen LogP contribution in [0.15, 0.2) is 0 Å². The second kappa shape index (κ2) is 4.21. The molecule has 2 atom stereocenters. The second-order valence-corrected chi connectivity index (χ2v) is 9.79. The third-order valence-electron chi connectivity index (χ3n) is 6.19. The molecule has 0 heterocycles. The molecule has 1 amide bonds. The Bertz CT molecular complexity index is 495. The van der Waals surface area contributed by atoms with Crippen LogP contribution in [0.25, 0.3) is 0 Å². The number of hydrogen-bond donors (Lipinski definition) is 2. The van der Waals surface area contributed by atoms with Gasteiger partial charge in [0, 0.05) is 5.54 Å². The highest BCUT2D eigenvalue weighted by molar-refractivity contribution is 7.80. The summed E-state index contributed by atoms with van der Waals surface area (Å²) in [4.78, 5) is 13.0. The van der Waals surface area contributed by atoms with Crippen molar-refractivity contribution < 1.29 is 4.79 Å². The highest BCUT2D eigenvalue weighted by Gasteiger charge is 2.60. The normalized spacial score (nSPS) is 44.7. The number of nitrogens with one attached hydrogen (secondary N) is 1. The Balaban J connectivity index is 1.86. The smallest absolute Gasteiger partial charge is 0.232 e. The molecule has 21 heavy (non-hydrogen) atoms. The maximum atomic E-state index is 12.7. The van der Waals surface area contributed by atoms with Crippen molar-refractivity contribution in [2.45, 2.75) is 71.8 Å². The molecule has 118 valence electrons. The molecule has 4 bridgehead atoms. The van der Waals surface area contributed by atoms with Gasteiger partial charge in [-0.05, 0) is 69.1 Å². The van der Waals surface area contributed by atoms with E-state index in [9.17, 15) is 4.79 Å². The van der Waals surface area contributed by atoms with E-state index in [0.717, 1.165) is 25.2 Å². The third-order valence-corrected chi connectivity index (χ3v) is 6.70. The van der Waals surface area contributed by atoms with Crippen molar-refractivity contribution in [1.29, 1.82) is 0 Å². The summed E-state index contributed by atoms with van der Waals surface area (Å²) in [7, 11) is 0. The molecule has 4 aliphatic rings. The summed E-state index contributed by atoms with van der Waals surface area (Å²) in [5, 5.41) is 3.39. The molecular weight excluding hydrogens is 280 g/mol. The van der Waals surface area contributed by atoms with E-state index in [1.54, 1.807) is 0 Å². The van der Waals surface area contributed by atoms with Crippen molar-refractivity contribution in [3.05, 3.63) is 0 Å². The molecule has 4 fully saturated rings. The maximum absolute atomic E-state index is 12.7. The highest BCUT2D eigenvalue weighted by Crippen LogP contribution is 2.66. The molecular formula is C17H28N2OS. The van der Waals surface area contributed by atoms with Gasteiger partial charge in [0.1, 0.15) is 0 Å². The first kappa shape index (κ1) is 15.3. The zero-order chi connectivity index (χ0) is 15.7. The molecule has 0 radical (unpaired) electrons. The SMILES string of the molecule is CC12CC3CC(C)(C1)CC(NC(=O)C(C)(C)C(N)=S)(C3)C2. The average molecular weight is 308 g/mol. The van der Waals surface area contributed by atoms with Crippen LogP contribution in [-0.2, 0) is 4.79 Å². The number of rotatable bonds is 3.